The average molecular weight is 504 g/mol. The maximum absolute atomic E-state index is 13.6. The molecule has 1 amide bonds. The van der Waals surface area contributed by atoms with Crippen molar-refractivity contribution in [3.63, 3.8) is 0 Å². The summed E-state index contributed by atoms with van der Waals surface area (Å²) in [5.74, 6) is 0.807. The van der Waals surface area contributed by atoms with E-state index in [0.717, 1.165) is 24.1 Å². The highest BCUT2D eigenvalue weighted by Crippen LogP contribution is 2.38. The molecule has 0 aliphatic carbocycles. The summed E-state index contributed by atoms with van der Waals surface area (Å²) in [4.78, 5) is 18.2. The van der Waals surface area contributed by atoms with E-state index in [0.29, 0.717) is 36.8 Å². The van der Waals surface area contributed by atoms with Gasteiger partial charge in [0.1, 0.15) is 16.5 Å². The molecule has 5 rings (SSSR count). The first-order valence-corrected chi connectivity index (χ1v) is 13.4. The van der Waals surface area contributed by atoms with Crippen LogP contribution in [0.3, 0.4) is 0 Å². The third-order valence-electron chi connectivity index (χ3n) is 5.81. The lowest BCUT2D eigenvalue weighted by atomic mass is 10.1. The summed E-state index contributed by atoms with van der Waals surface area (Å²) in [5.41, 5.74) is 0.634. The predicted molar refractivity (Wildman–Crippen MR) is 128 cm³/mol. The molecule has 172 valence electrons. The molecule has 0 saturated carbocycles. The van der Waals surface area contributed by atoms with Gasteiger partial charge in [-0.25, -0.2) is 0 Å². The highest BCUT2D eigenvalue weighted by molar-refractivity contribution is 7.90. The second-order valence-electron chi connectivity index (χ2n) is 8.06. The summed E-state index contributed by atoms with van der Waals surface area (Å²) in [6.07, 6.45) is 5.01. The second-order valence-corrected chi connectivity index (χ2v) is 11.1. The molecular weight excluding hydrogens is 482 g/mol. The van der Waals surface area contributed by atoms with Crippen molar-refractivity contribution in [2.24, 2.45) is 4.40 Å². The van der Waals surface area contributed by atoms with Crippen LogP contribution in [0, 0.1) is 0 Å². The van der Waals surface area contributed by atoms with Gasteiger partial charge < -0.3 is 14.2 Å². The maximum atomic E-state index is 13.6. The molecule has 4 heterocycles. The number of benzene rings is 1. The fourth-order valence-corrected chi connectivity index (χ4v) is 6.44. The molecule has 2 aliphatic heterocycles. The van der Waals surface area contributed by atoms with Crippen LogP contribution in [0.4, 0.5) is 5.69 Å². The molecule has 1 fully saturated rings. The molecule has 2 aromatic heterocycles. The Morgan fingerprint density at radius 3 is 2.82 bits per heavy atom. The van der Waals surface area contributed by atoms with E-state index in [9.17, 15) is 13.2 Å². The molecule has 2 aliphatic rings. The predicted octanol–water partition coefficient (Wildman–Crippen LogP) is 5.32. The molecule has 1 aromatic carbocycles. The first-order chi connectivity index (χ1) is 15.9. The lowest BCUT2D eigenvalue weighted by Gasteiger charge is -2.30. The topological polar surface area (TPSA) is 83.2 Å². The molecule has 0 bridgehead atoms. The number of fused-ring (bicyclic) bond motifs is 3. The summed E-state index contributed by atoms with van der Waals surface area (Å²) in [5, 5.41) is 2.16. The number of hydrogen-bond donors (Lipinski definition) is 0. The Morgan fingerprint density at radius 1 is 1.18 bits per heavy atom. The van der Waals surface area contributed by atoms with Crippen LogP contribution in [0.15, 0.2) is 61.8 Å². The Hall–Kier alpha value is -2.62. The van der Waals surface area contributed by atoms with E-state index in [1.165, 1.54) is 17.4 Å². The minimum absolute atomic E-state index is 0.0231. The number of hydrogen-bond acceptors (Lipinski definition) is 6. The van der Waals surface area contributed by atoms with Gasteiger partial charge in [0.2, 0.25) is 0 Å². The van der Waals surface area contributed by atoms with E-state index in [4.69, 9.17) is 16.0 Å². The molecule has 0 spiro atoms. The lowest BCUT2D eigenvalue weighted by Crippen LogP contribution is -2.36. The normalized spacial score (nSPS) is 17.0. The van der Waals surface area contributed by atoms with E-state index >= 15 is 0 Å². The molecule has 33 heavy (non-hydrogen) atoms. The molecule has 0 radical (unpaired) electrons. The highest BCUT2D eigenvalue weighted by Gasteiger charge is 2.34. The number of amidine groups is 1. The summed E-state index contributed by atoms with van der Waals surface area (Å²) in [6.45, 7) is 1.26. The number of anilines is 1. The Balaban J connectivity index is 1.54. The molecule has 0 unspecified atom stereocenters. The van der Waals surface area contributed by atoms with Crippen molar-refractivity contribution in [3.05, 3.63) is 69.3 Å². The first kappa shape index (κ1) is 22.2. The summed E-state index contributed by atoms with van der Waals surface area (Å²) < 4.78 is 35.5. The van der Waals surface area contributed by atoms with Crippen molar-refractivity contribution in [1.82, 2.24) is 4.90 Å². The largest absolute Gasteiger partial charge is 0.467 e. The van der Waals surface area contributed by atoms with E-state index in [-0.39, 0.29) is 27.9 Å². The van der Waals surface area contributed by atoms with Crippen molar-refractivity contribution < 1.29 is 17.6 Å². The highest BCUT2D eigenvalue weighted by atomic mass is 35.5. The average Bonchev–Trinajstić information content (AvgIpc) is 3.43. The van der Waals surface area contributed by atoms with Gasteiger partial charge in [0.15, 0.2) is 0 Å². The molecule has 0 atom stereocenters. The number of amides is 1. The van der Waals surface area contributed by atoms with Crippen LogP contribution in [0.2, 0.25) is 5.02 Å². The van der Waals surface area contributed by atoms with Crippen LogP contribution in [0.1, 0.15) is 46.7 Å². The van der Waals surface area contributed by atoms with E-state index < -0.39 is 10.0 Å². The van der Waals surface area contributed by atoms with Gasteiger partial charge in [0, 0.05) is 17.8 Å². The van der Waals surface area contributed by atoms with Crippen LogP contribution in [0.25, 0.3) is 0 Å². The summed E-state index contributed by atoms with van der Waals surface area (Å²) in [7, 11) is -3.93. The minimum Gasteiger partial charge on any atom is -0.467 e. The molecule has 3 aromatic rings. The van der Waals surface area contributed by atoms with Gasteiger partial charge in [-0.2, -0.15) is 8.42 Å². The van der Waals surface area contributed by atoms with Crippen molar-refractivity contribution in [2.45, 2.75) is 43.7 Å². The van der Waals surface area contributed by atoms with E-state index in [2.05, 4.69) is 4.40 Å². The summed E-state index contributed by atoms with van der Waals surface area (Å²) >= 11 is 8.14. The van der Waals surface area contributed by atoms with E-state index in [1.807, 2.05) is 22.4 Å². The number of halogens is 1. The Labute approximate surface area is 201 Å². The van der Waals surface area contributed by atoms with Crippen molar-refractivity contribution in [3.8, 4) is 0 Å². The van der Waals surface area contributed by atoms with Gasteiger partial charge in [0.25, 0.3) is 15.9 Å². The van der Waals surface area contributed by atoms with Crippen LogP contribution in [0.5, 0.6) is 0 Å². The van der Waals surface area contributed by atoms with Crippen LogP contribution in [-0.4, -0.2) is 31.6 Å². The standard InChI is InChI=1S/C23H22ClN3O4S2/c24-19-13-20-21(33(29,30)25-22-8-2-1-3-9-27(20)22)12-18(19)23(28)26(14-16-6-4-10-31-16)15-17-7-5-11-32-17/h4-7,10-13H,1-3,8-9,14-15H2. The third kappa shape index (κ3) is 4.45. The van der Waals surface area contributed by atoms with Gasteiger partial charge in [-0.3, -0.25) is 4.79 Å². The lowest BCUT2D eigenvalue weighted by molar-refractivity contribution is 0.0719. The number of carbonyl (C=O) groups excluding carboxylic acids is 1. The van der Waals surface area contributed by atoms with Crippen molar-refractivity contribution in [2.75, 3.05) is 11.4 Å². The monoisotopic (exact) mass is 503 g/mol. The van der Waals surface area contributed by atoms with Crippen LogP contribution >= 0.6 is 22.9 Å². The SMILES string of the molecule is O=C(c1cc2c(cc1Cl)N1CCCCCC1=NS2(=O)=O)N(Cc1ccco1)Cc1cccs1. The maximum Gasteiger partial charge on any atom is 0.286 e. The van der Waals surface area contributed by atoms with Gasteiger partial charge in [-0.05, 0) is 48.6 Å². The van der Waals surface area contributed by atoms with Crippen molar-refractivity contribution in [1.29, 1.82) is 0 Å². The fourth-order valence-electron chi connectivity index (χ4n) is 4.21. The van der Waals surface area contributed by atoms with Gasteiger partial charge in [-0.15, -0.1) is 15.7 Å². The zero-order valence-electron chi connectivity index (χ0n) is 17.7. The quantitative estimate of drug-likeness (QED) is 0.470. The fraction of sp³-hybridized carbons (Fsp3) is 0.304. The zero-order valence-corrected chi connectivity index (χ0v) is 20.1. The van der Waals surface area contributed by atoms with E-state index in [1.54, 1.807) is 29.4 Å². The smallest absolute Gasteiger partial charge is 0.286 e. The number of rotatable bonds is 5. The Morgan fingerprint density at radius 2 is 2.06 bits per heavy atom. The van der Waals surface area contributed by atoms with Crippen molar-refractivity contribution >= 4 is 50.4 Å². The van der Waals surface area contributed by atoms with Gasteiger partial charge >= 0.3 is 0 Å². The number of carbonyl (C=O) groups is 1. The molecular formula is C23H22ClN3O4S2. The van der Waals surface area contributed by atoms with Gasteiger partial charge in [0.05, 0.1) is 35.6 Å². The Bertz CT molecular complexity index is 1270. The molecule has 1 saturated heterocycles. The number of thiophene rings is 1. The molecule has 10 heteroatoms. The van der Waals surface area contributed by atoms with Crippen LogP contribution < -0.4 is 4.90 Å². The first-order valence-electron chi connectivity index (χ1n) is 10.7. The summed E-state index contributed by atoms with van der Waals surface area (Å²) in [6, 6.07) is 10.4. The third-order valence-corrected chi connectivity index (χ3v) is 8.32. The van der Waals surface area contributed by atoms with Crippen LogP contribution in [-0.2, 0) is 23.1 Å². The zero-order chi connectivity index (χ0) is 23.0. The van der Waals surface area contributed by atoms with Gasteiger partial charge in [-0.1, -0.05) is 24.1 Å². The number of nitrogens with zero attached hydrogens (tertiary/aromatic N) is 3. The number of furan rings is 1. The number of sulfonamides is 1. The minimum atomic E-state index is -3.93. The Kier molecular flexibility index (Phi) is 6.03. The molecule has 7 nitrogen and oxygen atoms in total. The molecule has 0 N–H and O–H groups in total. The second kappa shape index (κ2) is 8.96.